The van der Waals surface area contributed by atoms with Crippen molar-refractivity contribution in [2.75, 3.05) is 26.0 Å². The average Bonchev–Trinajstić information content (AvgIpc) is 3.43. The molecule has 168 valence electrons. The molecule has 4 aromatic rings. The van der Waals surface area contributed by atoms with Crippen LogP contribution >= 0.6 is 0 Å². The monoisotopic (exact) mass is 445 g/mol. The summed E-state index contributed by atoms with van der Waals surface area (Å²) in [5, 5.41) is 2.61. The molecule has 5 rings (SSSR count). The number of carbonyl (C=O) groups is 1. The van der Waals surface area contributed by atoms with Crippen molar-refractivity contribution in [1.29, 1.82) is 0 Å². The van der Waals surface area contributed by atoms with Gasteiger partial charge in [-0.1, -0.05) is 18.2 Å². The number of carbonyl (C=O) groups excluding carboxylic acids is 1. The maximum atomic E-state index is 14.4. The number of nitrogens with one attached hydrogen (secondary N) is 1. The summed E-state index contributed by atoms with van der Waals surface area (Å²) in [4.78, 5) is 24.3. The van der Waals surface area contributed by atoms with Crippen molar-refractivity contribution in [3.63, 3.8) is 0 Å². The summed E-state index contributed by atoms with van der Waals surface area (Å²) in [5.74, 6) is 0.0644. The highest BCUT2D eigenvalue weighted by molar-refractivity contribution is 6.04. The number of halogens is 1. The molecule has 3 heterocycles. The van der Waals surface area contributed by atoms with E-state index in [2.05, 4.69) is 26.6 Å². The molecule has 1 atom stereocenters. The van der Waals surface area contributed by atoms with Crippen LogP contribution in [0.5, 0.6) is 5.75 Å². The Hall–Kier alpha value is -3.78. The fourth-order valence-electron chi connectivity index (χ4n) is 4.38. The number of ether oxygens (including phenoxy) is 1. The fourth-order valence-corrected chi connectivity index (χ4v) is 4.38. The van der Waals surface area contributed by atoms with Crippen LogP contribution in [0.3, 0.4) is 0 Å². The summed E-state index contributed by atoms with van der Waals surface area (Å²) < 4.78 is 21.5. The molecular weight excluding hydrogens is 421 g/mol. The molecule has 1 aliphatic heterocycles. The van der Waals surface area contributed by atoms with Crippen LogP contribution in [0.15, 0.2) is 61.1 Å². The Labute approximate surface area is 190 Å². The van der Waals surface area contributed by atoms with Gasteiger partial charge >= 0.3 is 0 Å². The van der Waals surface area contributed by atoms with Crippen molar-refractivity contribution in [2.45, 2.75) is 18.9 Å². The van der Waals surface area contributed by atoms with Crippen LogP contribution in [-0.2, 0) is 0 Å². The van der Waals surface area contributed by atoms with Crippen molar-refractivity contribution in [2.24, 2.45) is 0 Å². The first-order chi connectivity index (χ1) is 16.1. The van der Waals surface area contributed by atoms with Crippen LogP contribution in [0.4, 0.5) is 10.1 Å². The number of imidazole rings is 1. The molecule has 0 spiro atoms. The number of hydrogen-bond donors (Lipinski definition) is 1. The van der Waals surface area contributed by atoms with E-state index in [4.69, 9.17) is 9.72 Å². The third-order valence-corrected chi connectivity index (χ3v) is 6.14. The molecule has 1 fully saturated rings. The van der Waals surface area contributed by atoms with Gasteiger partial charge in [-0.2, -0.15) is 0 Å². The summed E-state index contributed by atoms with van der Waals surface area (Å²) in [6.07, 6.45) is 7.73. The molecule has 1 amide bonds. The first-order valence-corrected chi connectivity index (χ1v) is 10.8. The number of rotatable bonds is 5. The van der Waals surface area contributed by atoms with Gasteiger partial charge in [0.15, 0.2) is 11.6 Å². The molecule has 2 aromatic carbocycles. The molecule has 2 aromatic heterocycles. The Morgan fingerprint density at radius 1 is 1.21 bits per heavy atom. The molecule has 0 radical (unpaired) electrons. The number of methoxy groups -OCH3 is 1. The Morgan fingerprint density at radius 3 is 2.76 bits per heavy atom. The molecule has 0 unspecified atom stereocenters. The van der Waals surface area contributed by atoms with Crippen LogP contribution in [0.1, 0.15) is 35.1 Å². The minimum absolute atomic E-state index is 0.0694. The van der Waals surface area contributed by atoms with E-state index in [0.717, 1.165) is 42.0 Å². The molecule has 1 saturated heterocycles. The lowest BCUT2D eigenvalue weighted by Gasteiger charge is -2.17. The molecular formula is C25H24FN5O2. The quantitative estimate of drug-likeness (QED) is 0.488. The maximum Gasteiger partial charge on any atom is 0.255 e. The highest BCUT2D eigenvalue weighted by atomic mass is 19.1. The third-order valence-electron chi connectivity index (χ3n) is 6.14. The molecule has 0 saturated carbocycles. The Morgan fingerprint density at radius 2 is 2.03 bits per heavy atom. The zero-order valence-corrected chi connectivity index (χ0v) is 18.5. The van der Waals surface area contributed by atoms with Gasteiger partial charge in [-0.3, -0.25) is 19.1 Å². The Kier molecular flexibility index (Phi) is 5.51. The summed E-state index contributed by atoms with van der Waals surface area (Å²) in [6.45, 7) is 1.05. The van der Waals surface area contributed by atoms with E-state index in [1.165, 1.54) is 19.2 Å². The van der Waals surface area contributed by atoms with Gasteiger partial charge in [0, 0.05) is 23.5 Å². The van der Waals surface area contributed by atoms with Crippen LogP contribution in [-0.4, -0.2) is 45.9 Å². The van der Waals surface area contributed by atoms with E-state index in [-0.39, 0.29) is 17.5 Å². The predicted octanol–water partition coefficient (Wildman–Crippen LogP) is 4.56. The van der Waals surface area contributed by atoms with E-state index >= 15 is 0 Å². The Bertz CT molecular complexity index is 1320. The largest absolute Gasteiger partial charge is 0.494 e. The van der Waals surface area contributed by atoms with Crippen LogP contribution in [0.2, 0.25) is 0 Å². The minimum atomic E-state index is -0.605. The van der Waals surface area contributed by atoms with E-state index in [0.29, 0.717) is 5.56 Å². The third kappa shape index (κ3) is 3.82. The van der Waals surface area contributed by atoms with Crippen molar-refractivity contribution in [3.05, 3.63) is 78.3 Å². The lowest BCUT2D eigenvalue weighted by atomic mass is 10.1. The van der Waals surface area contributed by atoms with Crippen molar-refractivity contribution in [1.82, 2.24) is 19.3 Å². The van der Waals surface area contributed by atoms with E-state index < -0.39 is 11.7 Å². The maximum absolute atomic E-state index is 14.4. The molecule has 7 nitrogen and oxygen atoms in total. The van der Waals surface area contributed by atoms with Gasteiger partial charge in [0.2, 0.25) is 0 Å². The lowest BCUT2D eigenvalue weighted by Crippen LogP contribution is -2.19. The van der Waals surface area contributed by atoms with Crippen LogP contribution in [0, 0.1) is 5.82 Å². The van der Waals surface area contributed by atoms with E-state index in [1.807, 2.05) is 24.5 Å². The van der Waals surface area contributed by atoms with Gasteiger partial charge in [0.05, 0.1) is 36.2 Å². The summed E-state index contributed by atoms with van der Waals surface area (Å²) >= 11 is 0. The number of benzene rings is 2. The lowest BCUT2D eigenvalue weighted by molar-refractivity contribution is 0.102. The van der Waals surface area contributed by atoms with Crippen LogP contribution in [0.25, 0.3) is 16.8 Å². The molecule has 0 aliphatic carbocycles. The first kappa shape index (κ1) is 21.1. The van der Waals surface area contributed by atoms with Gasteiger partial charge in [-0.25, -0.2) is 9.37 Å². The number of likely N-dealkylation sites (tertiary alicyclic amines) is 1. The Balaban J connectivity index is 1.44. The van der Waals surface area contributed by atoms with Gasteiger partial charge in [-0.15, -0.1) is 0 Å². The van der Waals surface area contributed by atoms with Crippen molar-refractivity contribution < 1.29 is 13.9 Å². The van der Waals surface area contributed by atoms with Gasteiger partial charge in [0.25, 0.3) is 5.91 Å². The van der Waals surface area contributed by atoms with Gasteiger partial charge in [-0.05, 0) is 50.7 Å². The zero-order chi connectivity index (χ0) is 22.9. The van der Waals surface area contributed by atoms with Gasteiger partial charge in [0.1, 0.15) is 5.82 Å². The molecule has 1 aliphatic rings. The molecule has 0 bridgehead atoms. The number of anilines is 1. The number of nitrogens with zero attached hydrogens (tertiary/aromatic N) is 4. The number of amides is 1. The SMILES string of the molecule is COc1cccc(NC(=O)c2ccc(-c3nc([C@@H]4CCCN4C)n4ccncc34)cc2)c1F. The van der Waals surface area contributed by atoms with Crippen molar-refractivity contribution >= 4 is 17.1 Å². The molecule has 8 heteroatoms. The van der Waals surface area contributed by atoms with Crippen molar-refractivity contribution in [3.8, 4) is 17.0 Å². The second-order valence-corrected chi connectivity index (χ2v) is 8.14. The van der Waals surface area contributed by atoms with E-state index in [1.54, 1.807) is 24.4 Å². The summed E-state index contributed by atoms with van der Waals surface area (Å²) in [7, 11) is 3.51. The predicted molar refractivity (Wildman–Crippen MR) is 124 cm³/mol. The fraction of sp³-hybridized carbons (Fsp3) is 0.240. The first-order valence-electron chi connectivity index (χ1n) is 10.8. The highest BCUT2D eigenvalue weighted by Crippen LogP contribution is 2.34. The smallest absolute Gasteiger partial charge is 0.255 e. The number of aromatic nitrogens is 3. The normalized spacial score (nSPS) is 16.3. The number of hydrogen-bond acceptors (Lipinski definition) is 5. The molecule has 1 N–H and O–H groups in total. The van der Waals surface area contributed by atoms with Crippen LogP contribution < -0.4 is 10.1 Å². The van der Waals surface area contributed by atoms with E-state index in [9.17, 15) is 9.18 Å². The van der Waals surface area contributed by atoms with Gasteiger partial charge < -0.3 is 10.1 Å². The average molecular weight is 445 g/mol. The second-order valence-electron chi connectivity index (χ2n) is 8.14. The topological polar surface area (TPSA) is 71.8 Å². The summed E-state index contributed by atoms with van der Waals surface area (Å²) in [5.41, 5.74) is 3.11. The highest BCUT2D eigenvalue weighted by Gasteiger charge is 2.28. The minimum Gasteiger partial charge on any atom is -0.494 e. The zero-order valence-electron chi connectivity index (χ0n) is 18.5. The summed E-state index contributed by atoms with van der Waals surface area (Å²) in [6, 6.07) is 12.0. The second kappa shape index (κ2) is 8.63. The number of fused-ring (bicyclic) bond motifs is 1. The molecule has 33 heavy (non-hydrogen) atoms. The standard InChI is InChI=1S/C25H24FN5O2/c1-30-13-4-6-19(30)24-29-23(20-15-27-12-14-31(20)24)16-8-10-17(11-9-16)25(32)28-18-5-3-7-21(33-2)22(18)26/h3,5,7-12,14-15,19H,4,6,13H2,1-2H3,(H,28,32)/t19-/m0/s1.